The molecule has 0 fully saturated rings. The summed E-state index contributed by atoms with van der Waals surface area (Å²) in [4.78, 5) is 32.8. The maximum atomic E-state index is 14.3. The van der Waals surface area contributed by atoms with Crippen LogP contribution in [0.15, 0.2) is 86.2 Å². The third kappa shape index (κ3) is 6.98. The first-order chi connectivity index (χ1) is 21.1. The number of esters is 1. The summed E-state index contributed by atoms with van der Waals surface area (Å²) in [5, 5.41) is 0.654. The van der Waals surface area contributed by atoms with E-state index in [2.05, 4.69) is 38.5 Å². The predicted octanol–water partition coefficient (Wildman–Crippen LogP) is 7.19. The van der Waals surface area contributed by atoms with Gasteiger partial charge in [-0.15, -0.1) is 0 Å². The van der Waals surface area contributed by atoms with Crippen molar-refractivity contribution >= 4 is 73.5 Å². The van der Waals surface area contributed by atoms with Crippen LogP contribution in [0.25, 0.3) is 6.08 Å². The molecule has 0 unspecified atom stereocenters. The molecule has 0 amide bonds. The highest BCUT2D eigenvalue weighted by Gasteiger charge is 2.35. The van der Waals surface area contributed by atoms with Crippen molar-refractivity contribution in [3.05, 3.63) is 121 Å². The normalized spacial score (nSPS) is 14.8. The minimum absolute atomic E-state index is 0.117. The number of nitrogens with zero attached hydrogens (tertiary/aromatic N) is 2. The molecule has 0 N–H and O–H groups in total. The molecule has 5 rings (SSSR count). The van der Waals surface area contributed by atoms with E-state index in [0.29, 0.717) is 49.3 Å². The van der Waals surface area contributed by atoms with Crippen molar-refractivity contribution < 1.29 is 19.0 Å². The molecule has 228 valence electrons. The summed E-state index contributed by atoms with van der Waals surface area (Å²) in [5.41, 5.74) is 2.87. The van der Waals surface area contributed by atoms with Gasteiger partial charge in [-0.2, -0.15) is 0 Å². The predicted molar refractivity (Wildman–Crippen MR) is 185 cm³/mol. The Kier molecular flexibility index (Phi) is 10.3. The van der Waals surface area contributed by atoms with Crippen LogP contribution in [0.4, 0.5) is 0 Å². The van der Waals surface area contributed by atoms with Gasteiger partial charge >= 0.3 is 5.97 Å². The third-order valence-corrected chi connectivity index (χ3v) is 9.21. The first-order valence-electron chi connectivity index (χ1n) is 13.9. The van der Waals surface area contributed by atoms with Gasteiger partial charge in [0.1, 0.15) is 24.1 Å². The second kappa shape index (κ2) is 14.0. The summed E-state index contributed by atoms with van der Waals surface area (Å²) in [6, 6.07) is 18.0. The van der Waals surface area contributed by atoms with Gasteiger partial charge in [-0.1, -0.05) is 69.2 Å². The molecule has 1 aliphatic rings. The molecule has 0 saturated heterocycles. The van der Waals surface area contributed by atoms with Crippen LogP contribution in [0.2, 0.25) is 5.02 Å². The topological polar surface area (TPSA) is 79.1 Å². The van der Waals surface area contributed by atoms with Crippen LogP contribution in [0.3, 0.4) is 0 Å². The monoisotopic (exact) mass is 806 g/mol. The standard InChI is InChI=1S/C33H29BrClIN2O5S/c1-5-41-32(40)28-19(4)37-33-38(29(28)24-8-6-7-9-26(24)43-18(2)3)31(39)27(44-33)15-21-14-22(34)16-25(36)30(21)42-17-20-10-12-23(35)13-11-20/h6-16,18,29H,5,17H2,1-4H3/b27-15-/t29-/m0/s1. The number of hydrogen-bond acceptors (Lipinski definition) is 7. The van der Waals surface area contributed by atoms with Crippen LogP contribution >= 0.6 is 61.5 Å². The van der Waals surface area contributed by atoms with Crippen LogP contribution in [0.5, 0.6) is 11.5 Å². The highest BCUT2D eigenvalue weighted by Crippen LogP contribution is 2.36. The minimum Gasteiger partial charge on any atom is -0.491 e. The molecule has 2 heterocycles. The lowest BCUT2D eigenvalue weighted by Crippen LogP contribution is -2.40. The number of para-hydroxylation sites is 1. The molecule has 11 heteroatoms. The summed E-state index contributed by atoms with van der Waals surface area (Å²) >= 11 is 13.1. The van der Waals surface area contributed by atoms with E-state index in [4.69, 9.17) is 30.8 Å². The number of carbonyl (C=O) groups excluding carboxylic acids is 1. The number of thiazole rings is 1. The Morgan fingerprint density at radius 3 is 2.61 bits per heavy atom. The van der Waals surface area contributed by atoms with E-state index in [1.165, 1.54) is 11.3 Å². The highest BCUT2D eigenvalue weighted by atomic mass is 127. The number of ether oxygens (including phenoxy) is 3. The molecule has 3 aromatic carbocycles. The summed E-state index contributed by atoms with van der Waals surface area (Å²) in [7, 11) is 0. The SMILES string of the molecule is CCOC(=O)C1=C(C)N=c2s/c(=C\c3cc(Br)cc(I)c3OCc3ccc(Cl)cc3)c(=O)n2[C@H]1c1ccccc1OC(C)C. The van der Waals surface area contributed by atoms with Crippen LogP contribution in [0.1, 0.15) is 50.4 Å². The highest BCUT2D eigenvalue weighted by molar-refractivity contribution is 14.1. The zero-order valence-corrected chi connectivity index (χ0v) is 29.7. The quantitative estimate of drug-likeness (QED) is 0.132. The molecule has 0 spiro atoms. The Morgan fingerprint density at radius 1 is 1.18 bits per heavy atom. The number of aromatic nitrogens is 1. The maximum Gasteiger partial charge on any atom is 0.338 e. The zero-order chi connectivity index (χ0) is 31.5. The fourth-order valence-electron chi connectivity index (χ4n) is 4.87. The molecule has 7 nitrogen and oxygen atoms in total. The summed E-state index contributed by atoms with van der Waals surface area (Å²) in [5.74, 6) is 0.704. The van der Waals surface area contributed by atoms with Crippen LogP contribution in [-0.2, 0) is 16.1 Å². The average Bonchev–Trinajstić information content (AvgIpc) is 3.26. The number of fused-ring (bicyclic) bond motifs is 1. The van der Waals surface area contributed by atoms with Crippen LogP contribution in [0, 0.1) is 3.57 Å². The average molecular weight is 808 g/mol. The summed E-state index contributed by atoms with van der Waals surface area (Å²) in [6.45, 7) is 7.90. The first-order valence-corrected chi connectivity index (χ1v) is 17.0. The Hall–Kier alpha value is -2.93. The number of carbonyl (C=O) groups is 1. The lowest BCUT2D eigenvalue weighted by atomic mass is 9.95. The Morgan fingerprint density at radius 2 is 1.91 bits per heavy atom. The van der Waals surface area contributed by atoms with Crippen molar-refractivity contribution in [1.82, 2.24) is 4.57 Å². The fraction of sp³-hybridized carbons (Fsp3) is 0.242. The van der Waals surface area contributed by atoms with Gasteiger partial charge in [-0.25, -0.2) is 9.79 Å². The molecule has 4 aromatic rings. The summed E-state index contributed by atoms with van der Waals surface area (Å²) < 4.78 is 21.6. The van der Waals surface area contributed by atoms with E-state index in [-0.39, 0.29) is 18.3 Å². The van der Waals surface area contributed by atoms with Crippen molar-refractivity contribution in [3.8, 4) is 11.5 Å². The van der Waals surface area contributed by atoms with Gasteiger partial charge in [0.2, 0.25) is 0 Å². The molecular formula is C33H29BrClIN2O5S. The molecule has 44 heavy (non-hydrogen) atoms. The van der Waals surface area contributed by atoms with E-state index in [9.17, 15) is 9.59 Å². The molecular weight excluding hydrogens is 779 g/mol. The van der Waals surface area contributed by atoms with Gasteiger partial charge in [-0.3, -0.25) is 9.36 Å². The van der Waals surface area contributed by atoms with Gasteiger partial charge in [0.05, 0.1) is 32.1 Å². The smallest absolute Gasteiger partial charge is 0.338 e. The maximum absolute atomic E-state index is 14.3. The Bertz CT molecular complexity index is 1930. The molecule has 0 aliphatic carbocycles. The van der Waals surface area contributed by atoms with Gasteiger partial charge < -0.3 is 14.2 Å². The Labute approximate surface area is 286 Å². The van der Waals surface area contributed by atoms with E-state index in [1.807, 2.05) is 80.6 Å². The second-order valence-electron chi connectivity index (χ2n) is 10.2. The molecule has 0 radical (unpaired) electrons. The lowest BCUT2D eigenvalue weighted by molar-refractivity contribution is -0.139. The van der Waals surface area contributed by atoms with Gasteiger partial charge in [0.15, 0.2) is 4.80 Å². The van der Waals surface area contributed by atoms with E-state index in [0.717, 1.165) is 19.2 Å². The van der Waals surface area contributed by atoms with Gasteiger partial charge in [-0.05, 0) is 92.3 Å². The lowest BCUT2D eigenvalue weighted by Gasteiger charge is -2.26. The van der Waals surface area contributed by atoms with Crippen molar-refractivity contribution in [2.75, 3.05) is 6.61 Å². The number of benzene rings is 3. The number of allylic oxidation sites excluding steroid dienone is 1. The largest absolute Gasteiger partial charge is 0.491 e. The molecule has 1 aliphatic heterocycles. The molecule has 0 saturated carbocycles. The number of halogens is 3. The van der Waals surface area contributed by atoms with E-state index >= 15 is 0 Å². The number of hydrogen-bond donors (Lipinski definition) is 0. The first kappa shape index (κ1) is 32.5. The zero-order valence-electron chi connectivity index (χ0n) is 24.4. The van der Waals surface area contributed by atoms with Crippen molar-refractivity contribution in [3.63, 3.8) is 0 Å². The number of rotatable bonds is 9. The van der Waals surface area contributed by atoms with Crippen LogP contribution in [-0.4, -0.2) is 23.2 Å². The minimum atomic E-state index is -0.786. The van der Waals surface area contributed by atoms with Crippen molar-refractivity contribution in [1.29, 1.82) is 0 Å². The van der Waals surface area contributed by atoms with Crippen LogP contribution < -0.4 is 24.4 Å². The van der Waals surface area contributed by atoms with E-state index in [1.54, 1.807) is 18.4 Å². The molecule has 1 aromatic heterocycles. The third-order valence-electron chi connectivity index (χ3n) is 6.71. The van der Waals surface area contributed by atoms with E-state index < -0.39 is 12.0 Å². The molecule has 0 bridgehead atoms. The van der Waals surface area contributed by atoms with Gasteiger partial charge in [0.25, 0.3) is 5.56 Å². The fourth-order valence-corrected chi connectivity index (χ4v) is 7.74. The molecule has 1 atom stereocenters. The summed E-state index contributed by atoms with van der Waals surface area (Å²) in [6.07, 6.45) is 1.69. The second-order valence-corrected chi connectivity index (χ2v) is 13.8. The van der Waals surface area contributed by atoms with Gasteiger partial charge in [0, 0.05) is 20.6 Å². The Balaban J connectivity index is 1.67. The van der Waals surface area contributed by atoms with Crippen molar-refractivity contribution in [2.45, 2.75) is 46.4 Å². The van der Waals surface area contributed by atoms with Crippen molar-refractivity contribution in [2.24, 2.45) is 4.99 Å².